The first-order chi connectivity index (χ1) is 39.4. The number of aromatic nitrogens is 2. The number of aliphatic carboxylic acids is 2. The number of halogens is 2. The smallest absolute Gasteiger partial charge is 0.338 e. The lowest BCUT2D eigenvalue weighted by atomic mass is 9.90. The van der Waals surface area contributed by atoms with Crippen LogP contribution in [0.4, 0.5) is 0 Å². The summed E-state index contributed by atoms with van der Waals surface area (Å²) in [6.45, 7) is 3.66. The summed E-state index contributed by atoms with van der Waals surface area (Å²) in [5.41, 5.74) is 10.5. The van der Waals surface area contributed by atoms with Gasteiger partial charge < -0.3 is 20.1 Å². The molecule has 9 nitrogen and oxygen atoms in total. The Morgan fingerprint density at radius 1 is 0.585 bits per heavy atom. The topological polar surface area (TPSA) is 147 Å². The van der Waals surface area contributed by atoms with Gasteiger partial charge in [0.25, 0.3) is 0 Å². The summed E-state index contributed by atoms with van der Waals surface area (Å²) in [7, 11) is 1.40. The van der Waals surface area contributed by atoms with E-state index in [-0.39, 0.29) is 40.1 Å². The number of benzene rings is 6. The molecule has 13 heteroatoms. The van der Waals surface area contributed by atoms with Crippen molar-refractivity contribution in [2.24, 2.45) is 10.8 Å². The first-order valence-corrected chi connectivity index (χ1v) is 30.6. The number of pyridine rings is 2. The highest BCUT2D eigenvalue weighted by molar-refractivity contribution is 7.99. The van der Waals surface area contributed by atoms with Gasteiger partial charge in [-0.25, -0.2) is 14.8 Å². The Balaban J connectivity index is 0.000000198. The van der Waals surface area contributed by atoms with Gasteiger partial charge in [0, 0.05) is 42.8 Å². The molecule has 422 valence electrons. The quantitative estimate of drug-likeness (QED) is 0.0497. The Bertz CT molecular complexity index is 3640. The molecule has 2 aromatic heterocycles. The number of hydrogen-bond donors (Lipinski definition) is 3. The van der Waals surface area contributed by atoms with Gasteiger partial charge in [-0.2, -0.15) is 23.5 Å². The molecule has 2 saturated carbocycles. The number of fused-ring (bicyclic) bond motifs is 2. The molecule has 2 heterocycles. The van der Waals surface area contributed by atoms with E-state index in [2.05, 4.69) is 72.8 Å². The van der Waals surface area contributed by atoms with E-state index >= 15 is 0 Å². The number of aryl methyl sites for hydroxylation is 2. The lowest BCUT2D eigenvalue weighted by Crippen LogP contribution is -2.18. The van der Waals surface area contributed by atoms with Gasteiger partial charge in [0.05, 0.1) is 53.5 Å². The maximum absolute atomic E-state index is 12.3. The average Bonchev–Trinajstić information content (AvgIpc) is 4.59. The molecule has 0 bridgehead atoms. The molecule has 0 unspecified atom stereocenters. The van der Waals surface area contributed by atoms with Crippen molar-refractivity contribution in [3.05, 3.63) is 224 Å². The first-order valence-electron chi connectivity index (χ1n) is 27.8. The van der Waals surface area contributed by atoms with Crippen molar-refractivity contribution < 1.29 is 34.4 Å². The number of carboxylic acids is 2. The number of carboxylic acid groups (broad SMARTS) is 2. The van der Waals surface area contributed by atoms with Crippen molar-refractivity contribution in [1.29, 1.82) is 0 Å². The highest BCUT2D eigenvalue weighted by Crippen LogP contribution is 2.54. The molecule has 8 aromatic rings. The number of aliphatic hydroxyl groups is 1. The lowest BCUT2D eigenvalue weighted by molar-refractivity contribution is -0.139. The summed E-state index contributed by atoms with van der Waals surface area (Å²) >= 11 is 16.0. The van der Waals surface area contributed by atoms with Gasteiger partial charge in [-0.05, 0) is 170 Å². The van der Waals surface area contributed by atoms with Gasteiger partial charge in [0.2, 0.25) is 0 Å². The third kappa shape index (κ3) is 16.7. The molecule has 0 saturated heterocycles. The van der Waals surface area contributed by atoms with Crippen LogP contribution in [-0.2, 0) is 32.8 Å². The van der Waals surface area contributed by atoms with Crippen LogP contribution in [0.15, 0.2) is 158 Å². The molecule has 0 radical (unpaired) electrons. The number of esters is 1. The second-order valence-corrected chi connectivity index (χ2v) is 25.6. The average molecular weight is 1170 g/mol. The van der Waals surface area contributed by atoms with E-state index in [1.165, 1.54) is 18.2 Å². The van der Waals surface area contributed by atoms with Gasteiger partial charge in [-0.1, -0.05) is 151 Å². The predicted molar refractivity (Wildman–Crippen MR) is 339 cm³/mol. The minimum Gasteiger partial charge on any atom is -0.481 e. The molecule has 6 aromatic carbocycles. The maximum atomic E-state index is 12.3. The van der Waals surface area contributed by atoms with E-state index < -0.39 is 17.5 Å². The number of carbonyl (C=O) groups excluding carboxylic acids is 1. The van der Waals surface area contributed by atoms with Crippen LogP contribution in [-0.4, -0.2) is 61.8 Å². The number of methoxy groups -OCH3 is 1. The van der Waals surface area contributed by atoms with Crippen molar-refractivity contribution in [3.8, 4) is 0 Å². The van der Waals surface area contributed by atoms with E-state index in [4.69, 9.17) is 37.9 Å². The Morgan fingerprint density at radius 3 is 1.50 bits per heavy atom. The number of thioether (sulfide) groups is 2. The van der Waals surface area contributed by atoms with Crippen molar-refractivity contribution in [2.45, 2.75) is 94.2 Å². The fraction of sp³-hybridized carbons (Fsp3) is 0.290. The maximum Gasteiger partial charge on any atom is 0.338 e. The highest BCUT2D eigenvalue weighted by Gasteiger charge is 2.45. The predicted octanol–water partition coefficient (Wildman–Crippen LogP) is 17.5. The molecular weight excluding hydrogens is 1100 g/mol. The van der Waals surface area contributed by atoms with Crippen LogP contribution in [0.25, 0.3) is 46.1 Å². The fourth-order valence-corrected chi connectivity index (χ4v) is 13.9. The Morgan fingerprint density at radius 2 is 1.04 bits per heavy atom. The Labute approximate surface area is 499 Å². The van der Waals surface area contributed by atoms with Crippen LogP contribution in [0.1, 0.15) is 136 Å². The molecule has 3 N–H and O–H groups in total. The van der Waals surface area contributed by atoms with Gasteiger partial charge in [0.15, 0.2) is 0 Å². The van der Waals surface area contributed by atoms with E-state index in [1.54, 1.807) is 6.07 Å². The van der Waals surface area contributed by atoms with Crippen LogP contribution in [0, 0.1) is 10.8 Å². The van der Waals surface area contributed by atoms with Crippen LogP contribution in [0.3, 0.4) is 0 Å². The SMILES string of the molecule is CC(C)(O)c1ccccc1CC[C@@H](SCC1(CC(=O)O)CC1)c1cccc(/C=C/c2ccc3ccc(Cl)cc3n2)c1.COC(=O)c1ccccc1CC[C@@H](SCC1(CC(=O)O)CC1)c1cccc(/C=C/c2ccc3ccc(Cl)cc3n2)c1. The summed E-state index contributed by atoms with van der Waals surface area (Å²) in [6, 6.07) is 52.2. The zero-order valence-electron chi connectivity index (χ0n) is 46.4. The monoisotopic (exact) mass is 1170 g/mol. The summed E-state index contributed by atoms with van der Waals surface area (Å²) in [5.74, 6) is -0.147. The van der Waals surface area contributed by atoms with Gasteiger partial charge in [0.1, 0.15) is 0 Å². The molecule has 0 aliphatic heterocycles. The molecule has 10 rings (SSSR count). The van der Waals surface area contributed by atoms with Crippen LogP contribution >= 0.6 is 46.7 Å². The van der Waals surface area contributed by atoms with Gasteiger partial charge in [-0.15, -0.1) is 0 Å². The number of carbonyl (C=O) groups is 3. The number of hydrogen-bond acceptors (Lipinski definition) is 9. The fourth-order valence-electron chi connectivity index (χ4n) is 10.4. The lowest BCUT2D eigenvalue weighted by Gasteiger charge is -2.24. The third-order valence-corrected chi connectivity index (χ3v) is 19.3. The summed E-state index contributed by atoms with van der Waals surface area (Å²) in [5, 5.41) is 33.4. The van der Waals surface area contributed by atoms with E-state index in [0.717, 1.165) is 117 Å². The zero-order valence-corrected chi connectivity index (χ0v) is 49.5. The van der Waals surface area contributed by atoms with Crippen LogP contribution in [0.5, 0.6) is 0 Å². The second-order valence-electron chi connectivity index (χ2n) is 22.3. The van der Waals surface area contributed by atoms with E-state index in [1.807, 2.05) is 141 Å². The van der Waals surface area contributed by atoms with Crippen molar-refractivity contribution in [1.82, 2.24) is 9.97 Å². The molecule has 2 aliphatic carbocycles. The minimum absolute atomic E-state index is 0.0814. The van der Waals surface area contributed by atoms with Crippen molar-refractivity contribution in [2.75, 3.05) is 18.6 Å². The summed E-state index contributed by atoms with van der Waals surface area (Å²) < 4.78 is 5.00. The summed E-state index contributed by atoms with van der Waals surface area (Å²) in [4.78, 5) is 44.7. The molecule has 0 amide bonds. The Kier molecular flexibility index (Phi) is 19.8. The zero-order chi connectivity index (χ0) is 57.9. The standard InChI is InChI=1S/C35H36ClNO3S.C34H32ClNO4S/c1-34(2,40)30-9-4-3-7-25(30)13-17-32(41-23-35(18-19-35)22-33(38)39)27-8-5-6-24(20-27)10-15-29-16-12-26-11-14-28(36)21-31(26)37-29;1-40-33(39)29-8-3-2-6-24(29)12-16-31(41-22-34(17-18-34)21-32(37)38)26-7-4-5-23(19-26)9-14-28-15-11-25-10-13-27(35)20-30(25)36-28/h3-12,14-16,20-21,32,40H,13,17-19,22-23H2,1-2H3,(H,38,39);2-11,13-15,19-20,31H,12,16-18,21-22H2,1H3,(H,37,38)/b15-10+;14-9+/t32-;31-/m11/s1. The van der Waals surface area contributed by atoms with Gasteiger partial charge in [-0.3, -0.25) is 9.59 Å². The largest absolute Gasteiger partial charge is 0.481 e. The first kappa shape index (κ1) is 59.9. The van der Waals surface area contributed by atoms with Crippen LogP contribution in [0.2, 0.25) is 10.0 Å². The van der Waals surface area contributed by atoms with E-state index in [9.17, 15) is 29.7 Å². The molecule has 2 fully saturated rings. The highest BCUT2D eigenvalue weighted by atomic mass is 35.5. The van der Waals surface area contributed by atoms with Crippen molar-refractivity contribution in [3.63, 3.8) is 0 Å². The molecule has 0 spiro atoms. The Hall–Kier alpha value is -6.73. The molecular formula is C69H68Cl2N2O7S2. The van der Waals surface area contributed by atoms with Gasteiger partial charge >= 0.3 is 17.9 Å². The van der Waals surface area contributed by atoms with Crippen molar-refractivity contribution >= 4 is 111 Å². The summed E-state index contributed by atoms with van der Waals surface area (Å²) in [6.07, 6.45) is 15.7. The van der Waals surface area contributed by atoms with E-state index in [0.29, 0.717) is 22.0 Å². The second kappa shape index (κ2) is 27.1. The van der Waals surface area contributed by atoms with Crippen LogP contribution < -0.4 is 0 Å². The third-order valence-electron chi connectivity index (χ3n) is 15.4. The number of rotatable bonds is 24. The molecule has 2 atom stereocenters. The minimum atomic E-state index is -0.911. The normalized spacial score (nSPS) is 15.0. The number of ether oxygens (including phenoxy) is 1. The molecule has 82 heavy (non-hydrogen) atoms. The molecule has 2 aliphatic rings. The number of nitrogens with zero attached hydrogens (tertiary/aromatic N) is 2.